The summed E-state index contributed by atoms with van der Waals surface area (Å²) in [4.78, 5) is 15.9. The van der Waals surface area contributed by atoms with Crippen molar-refractivity contribution in [1.82, 2.24) is 24.3 Å². The number of fused-ring (bicyclic) bond motifs is 5. The molecule has 1 aromatic carbocycles. The van der Waals surface area contributed by atoms with Crippen LogP contribution in [0.25, 0.3) is 17.1 Å². The lowest BCUT2D eigenvalue weighted by molar-refractivity contribution is 0.102. The molecule has 9 heteroatoms. The monoisotopic (exact) mass is 341 g/mol. The predicted octanol–water partition coefficient (Wildman–Crippen LogP) is 2.04. The van der Waals surface area contributed by atoms with E-state index in [2.05, 4.69) is 15.2 Å². The van der Waals surface area contributed by atoms with E-state index < -0.39 is 6.16 Å². The van der Waals surface area contributed by atoms with Crippen molar-refractivity contribution in [2.75, 3.05) is 13.7 Å². The number of nitrogens with zero attached hydrogens (tertiary/aromatic N) is 5. The van der Waals surface area contributed by atoms with Gasteiger partial charge in [-0.3, -0.25) is 4.57 Å². The number of hydrogen-bond donors (Lipinski definition) is 0. The number of rotatable bonds is 3. The van der Waals surface area contributed by atoms with Gasteiger partial charge in [0.15, 0.2) is 5.82 Å². The van der Waals surface area contributed by atoms with Crippen LogP contribution in [-0.4, -0.2) is 44.2 Å². The van der Waals surface area contributed by atoms with Gasteiger partial charge in [0, 0.05) is 5.56 Å². The Morgan fingerprint density at radius 3 is 3.00 bits per heavy atom. The fraction of sp³-hybridized carbons (Fsp3) is 0.250. The maximum Gasteiger partial charge on any atom is 0.515 e. The molecule has 4 rings (SSSR count). The molecule has 1 aliphatic heterocycles. The molecule has 2 aromatic heterocycles. The maximum atomic E-state index is 11.7. The number of imidazole rings is 1. The van der Waals surface area contributed by atoms with E-state index in [4.69, 9.17) is 14.2 Å². The van der Waals surface area contributed by atoms with Crippen molar-refractivity contribution >= 4 is 6.16 Å². The smallest absolute Gasteiger partial charge is 0.497 e. The highest BCUT2D eigenvalue weighted by Gasteiger charge is 2.25. The van der Waals surface area contributed by atoms with Gasteiger partial charge in [-0.05, 0) is 25.1 Å². The van der Waals surface area contributed by atoms with Gasteiger partial charge in [-0.1, -0.05) is 0 Å². The molecule has 25 heavy (non-hydrogen) atoms. The van der Waals surface area contributed by atoms with Crippen molar-refractivity contribution < 1.29 is 19.0 Å². The Morgan fingerprint density at radius 1 is 1.32 bits per heavy atom. The number of ether oxygens (including phenoxy) is 3. The lowest BCUT2D eigenvalue weighted by Crippen LogP contribution is -2.12. The van der Waals surface area contributed by atoms with Crippen LogP contribution >= 0.6 is 0 Å². The van der Waals surface area contributed by atoms with Crippen molar-refractivity contribution in [3.8, 4) is 28.7 Å². The van der Waals surface area contributed by atoms with E-state index in [0.717, 1.165) is 11.3 Å². The molecule has 9 nitrogen and oxygen atoms in total. The van der Waals surface area contributed by atoms with Gasteiger partial charge in [-0.2, -0.15) is 0 Å². The quantitative estimate of drug-likeness (QED) is 0.526. The zero-order chi connectivity index (χ0) is 17.4. The molecule has 0 aliphatic carbocycles. The van der Waals surface area contributed by atoms with E-state index >= 15 is 0 Å². The van der Waals surface area contributed by atoms with Gasteiger partial charge in [0.2, 0.25) is 5.88 Å². The van der Waals surface area contributed by atoms with E-state index in [1.807, 2.05) is 27.3 Å². The molecule has 0 atom stereocenters. The number of carbonyl (C=O) groups excluding carboxylic acids is 1. The molecule has 0 bridgehead atoms. The summed E-state index contributed by atoms with van der Waals surface area (Å²) in [6.45, 7) is 2.34. The summed E-state index contributed by atoms with van der Waals surface area (Å²) in [6, 6.07) is 5.63. The van der Waals surface area contributed by atoms with Gasteiger partial charge in [0.25, 0.3) is 0 Å². The van der Waals surface area contributed by atoms with Gasteiger partial charge in [-0.25, -0.2) is 9.78 Å². The van der Waals surface area contributed by atoms with Crippen LogP contribution in [0.3, 0.4) is 0 Å². The molecule has 0 spiro atoms. The number of hydrogen-bond acceptors (Lipinski definition) is 7. The number of carbonyl (C=O) groups is 1. The number of benzene rings is 1. The highest BCUT2D eigenvalue weighted by atomic mass is 16.7. The van der Waals surface area contributed by atoms with E-state index in [-0.39, 0.29) is 12.5 Å². The molecule has 0 amide bonds. The third-order valence-corrected chi connectivity index (χ3v) is 3.91. The second-order valence-corrected chi connectivity index (χ2v) is 5.32. The summed E-state index contributed by atoms with van der Waals surface area (Å²) < 4.78 is 19.1. The van der Waals surface area contributed by atoms with E-state index in [1.165, 1.54) is 0 Å². The summed E-state index contributed by atoms with van der Waals surface area (Å²) in [5.41, 5.74) is 2.38. The Hall–Kier alpha value is -3.36. The van der Waals surface area contributed by atoms with Crippen molar-refractivity contribution in [3.05, 3.63) is 36.5 Å². The van der Waals surface area contributed by atoms with E-state index in [0.29, 0.717) is 23.8 Å². The third-order valence-electron chi connectivity index (χ3n) is 3.91. The van der Waals surface area contributed by atoms with Gasteiger partial charge >= 0.3 is 6.16 Å². The molecule has 1 aliphatic rings. The molecule has 0 radical (unpaired) electrons. The Bertz CT molecular complexity index is 946. The van der Waals surface area contributed by atoms with E-state index in [1.54, 1.807) is 26.7 Å². The Labute approximate surface area is 142 Å². The minimum Gasteiger partial charge on any atom is -0.497 e. The zero-order valence-corrected chi connectivity index (χ0v) is 13.7. The lowest BCUT2D eigenvalue weighted by Gasteiger charge is -2.10. The van der Waals surface area contributed by atoms with Crippen LogP contribution in [0.1, 0.15) is 12.6 Å². The number of methoxy groups -OCH3 is 1. The summed E-state index contributed by atoms with van der Waals surface area (Å²) in [5.74, 6) is 1.60. The largest absolute Gasteiger partial charge is 0.515 e. The highest BCUT2D eigenvalue weighted by Crippen LogP contribution is 2.35. The standard InChI is InChI=1S/C16H15N5O4/c1-3-24-16(22)25-15-13-7-20-9-18-19-14(20)11-6-10(23-2)4-5-12(11)21(13)8-17-15/h4-6,8-9H,3,7H2,1-2H3. The molecule has 3 aromatic rings. The first-order chi connectivity index (χ1) is 12.2. The van der Waals surface area contributed by atoms with Crippen LogP contribution < -0.4 is 9.47 Å². The summed E-state index contributed by atoms with van der Waals surface area (Å²) >= 11 is 0. The summed E-state index contributed by atoms with van der Waals surface area (Å²) in [5, 5.41) is 8.19. The van der Waals surface area contributed by atoms with Crippen LogP contribution in [-0.2, 0) is 11.3 Å². The van der Waals surface area contributed by atoms with Gasteiger partial charge in [-0.15, -0.1) is 10.2 Å². The topological polar surface area (TPSA) is 93.3 Å². The second-order valence-electron chi connectivity index (χ2n) is 5.32. The van der Waals surface area contributed by atoms with Crippen LogP contribution in [0.5, 0.6) is 11.6 Å². The van der Waals surface area contributed by atoms with Gasteiger partial charge in [0.1, 0.15) is 24.1 Å². The molecular weight excluding hydrogens is 326 g/mol. The minimum atomic E-state index is -0.785. The Morgan fingerprint density at radius 2 is 2.20 bits per heavy atom. The van der Waals surface area contributed by atoms with Crippen molar-refractivity contribution in [2.45, 2.75) is 13.5 Å². The molecule has 0 fully saturated rings. The Balaban J connectivity index is 1.86. The second kappa shape index (κ2) is 5.93. The van der Waals surface area contributed by atoms with Crippen LogP contribution in [0, 0.1) is 0 Å². The molecule has 3 heterocycles. The summed E-state index contributed by atoms with van der Waals surface area (Å²) in [6.07, 6.45) is 2.44. The lowest BCUT2D eigenvalue weighted by atomic mass is 10.1. The average Bonchev–Trinajstić information content (AvgIpc) is 3.20. The van der Waals surface area contributed by atoms with Crippen molar-refractivity contribution in [2.24, 2.45) is 0 Å². The van der Waals surface area contributed by atoms with E-state index in [9.17, 15) is 4.79 Å². The molecule has 0 saturated carbocycles. The molecule has 128 valence electrons. The average molecular weight is 341 g/mol. The predicted molar refractivity (Wildman–Crippen MR) is 85.9 cm³/mol. The SMILES string of the molecule is CCOC(=O)Oc1ncn2c1Cn1cnnc1-c1cc(OC)ccc1-2. The zero-order valence-electron chi connectivity index (χ0n) is 13.7. The first-order valence-corrected chi connectivity index (χ1v) is 7.68. The maximum absolute atomic E-state index is 11.7. The van der Waals surface area contributed by atoms with Gasteiger partial charge in [0.05, 0.1) is 25.9 Å². The van der Waals surface area contributed by atoms with Crippen molar-refractivity contribution in [1.29, 1.82) is 0 Å². The normalized spacial score (nSPS) is 11.8. The van der Waals surface area contributed by atoms with Crippen LogP contribution in [0.15, 0.2) is 30.9 Å². The highest BCUT2D eigenvalue weighted by molar-refractivity contribution is 5.71. The summed E-state index contributed by atoms with van der Waals surface area (Å²) in [7, 11) is 1.61. The van der Waals surface area contributed by atoms with Crippen molar-refractivity contribution in [3.63, 3.8) is 0 Å². The Kier molecular flexibility index (Phi) is 3.60. The van der Waals surface area contributed by atoms with Gasteiger partial charge < -0.3 is 18.8 Å². The fourth-order valence-corrected chi connectivity index (χ4v) is 2.79. The third kappa shape index (κ3) is 2.49. The van der Waals surface area contributed by atoms with Crippen LogP contribution in [0.4, 0.5) is 4.79 Å². The number of aromatic nitrogens is 5. The molecule has 0 unspecified atom stereocenters. The first-order valence-electron chi connectivity index (χ1n) is 7.68. The van der Waals surface area contributed by atoms with Crippen LogP contribution in [0.2, 0.25) is 0 Å². The molecule has 0 saturated heterocycles. The molecular formula is C16H15N5O4. The molecule has 0 N–H and O–H groups in total. The first kappa shape index (κ1) is 15.2. The fourth-order valence-electron chi connectivity index (χ4n) is 2.79. The minimum absolute atomic E-state index is 0.196.